The molecule has 1 fully saturated rings. The first-order valence-corrected chi connectivity index (χ1v) is 7.71. The van der Waals surface area contributed by atoms with Crippen molar-refractivity contribution >= 4 is 17.5 Å². The first-order valence-electron chi connectivity index (χ1n) is 7.71. The number of carbonyl (C=O) groups excluding carboxylic acids is 2. The number of piperidine rings is 1. The molecule has 1 saturated heterocycles. The molecule has 0 bridgehead atoms. The summed E-state index contributed by atoms with van der Waals surface area (Å²) in [6.07, 6.45) is 2.67. The minimum atomic E-state index is -0.576. The number of nitrogens with one attached hydrogen (secondary N) is 3. The van der Waals surface area contributed by atoms with Gasteiger partial charge in [-0.2, -0.15) is 5.26 Å². The highest BCUT2D eigenvalue weighted by atomic mass is 16.5. The molecule has 2 amide bonds. The molecule has 2 rings (SSSR count). The molecule has 3 N–H and O–H groups in total. The monoisotopic (exact) mass is 328 g/mol. The van der Waals surface area contributed by atoms with Gasteiger partial charge in [-0.25, -0.2) is 0 Å². The zero-order chi connectivity index (χ0) is 17.4. The fourth-order valence-corrected chi connectivity index (χ4v) is 2.37. The minimum absolute atomic E-state index is 0.0907. The van der Waals surface area contributed by atoms with Crippen molar-refractivity contribution in [2.75, 3.05) is 25.5 Å². The van der Waals surface area contributed by atoms with Crippen LogP contribution >= 0.6 is 0 Å². The van der Waals surface area contributed by atoms with Crippen LogP contribution in [-0.4, -0.2) is 32.0 Å². The average molecular weight is 328 g/mol. The predicted molar refractivity (Wildman–Crippen MR) is 89.1 cm³/mol. The number of anilines is 1. The van der Waals surface area contributed by atoms with E-state index >= 15 is 0 Å². The number of hydrogen-bond donors (Lipinski definition) is 3. The highest BCUT2D eigenvalue weighted by Gasteiger charge is 2.20. The summed E-state index contributed by atoms with van der Waals surface area (Å²) in [6, 6.07) is 8.53. The second-order valence-corrected chi connectivity index (χ2v) is 5.39. The number of ether oxygens (including phenoxy) is 1. The van der Waals surface area contributed by atoms with Gasteiger partial charge in [0, 0.05) is 17.8 Å². The van der Waals surface area contributed by atoms with Gasteiger partial charge in [-0.3, -0.25) is 9.59 Å². The lowest BCUT2D eigenvalue weighted by molar-refractivity contribution is -0.124. The number of methoxy groups -OCH3 is 1. The quantitative estimate of drug-likeness (QED) is 0.556. The lowest BCUT2D eigenvalue weighted by atomic mass is 9.97. The van der Waals surface area contributed by atoms with Crippen molar-refractivity contribution < 1.29 is 14.3 Å². The van der Waals surface area contributed by atoms with Crippen molar-refractivity contribution in [3.63, 3.8) is 0 Å². The van der Waals surface area contributed by atoms with E-state index in [0.29, 0.717) is 11.4 Å². The van der Waals surface area contributed by atoms with Gasteiger partial charge in [0.15, 0.2) is 0 Å². The molecule has 0 aromatic heterocycles. The van der Waals surface area contributed by atoms with E-state index in [0.717, 1.165) is 25.9 Å². The second-order valence-electron chi connectivity index (χ2n) is 5.39. The van der Waals surface area contributed by atoms with Gasteiger partial charge in [-0.05, 0) is 50.2 Å². The predicted octanol–water partition coefficient (Wildman–Crippen LogP) is 1.16. The van der Waals surface area contributed by atoms with E-state index in [4.69, 9.17) is 10.00 Å². The molecule has 1 aromatic rings. The molecule has 126 valence electrons. The molecule has 7 nitrogen and oxygen atoms in total. The van der Waals surface area contributed by atoms with Gasteiger partial charge in [0.1, 0.15) is 17.4 Å². The molecule has 0 aliphatic carbocycles. The minimum Gasteiger partial charge on any atom is -0.497 e. The van der Waals surface area contributed by atoms with E-state index < -0.39 is 5.91 Å². The van der Waals surface area contributed by atoms with Crippen molar-refractivity contribution in [3.05, 3.63) is 36.0 Å². The topological polar surface area (TPSA) is 103 Å². The average Bonchev–Trinajstić information content (AvgIpc) is 2.63. The fraction of sp³-hybridized carbons (Fsp3) is 0.353. The highest BCUT2D eigenvalue weighted by Crippen LogP contribution is 2.15. The van der Waals surface area contributed by atoms with Crippen molar-refractivity contribution in [1.82, 2.24) is 10.6 Å². The highest BCUT2D eigenvalue weighted by molar-refractivity contribution is 6.06. The Hall–Kier alpha value is -2.85. The first kappa shape index (κ1) is 17.5. The van der Waals surface area contributed by atoms with Gasteiger partial charge in [-0.1, -0.05) is 0 Å². The molecule has 0 spiro atoms. The lowest BCUT2D eigenvalue weighted by Gasteiger charge is -2.20. The summed E-state index contributed by atoms with van der Waals surface area (Å²) in [5.41, 5.74) is 0.375. The molecular weight excluding hydrogens is 308 g/mol. The number of carbonyl (C=O) groups is 2. The molecule has 0 radical (unpaired) electrons. The Bertz CT molecular complexity index is 655. The van der Waals surface area contributed by atoms with E-state index in [-0.39, 0.29) is 17.4 Å². The number of nitriles is 1. The number of hydrogen-bond acceptors (Lipinski definition) is 5. The summed E-state index contributed by atoms with van der Waals surface area (Å²) < 4.78 is 5.04. The van der Waals surface area contributed by atoms with Crippen molar-refractivity contribution in [2.45, 2.75) is 12.8 Å². The zero-order valence-corrected chi connectivity index (χ0v) is 13.5. The summed E-state index contributed by atoms with van der Waals surface area (Å²) in [4.78, 5) is 24.1. The first-order chi connectivity index (χ1) is 11.6. The van der Waals surface area contributed by atoms with Crippen LogP contribution in [0, 0.1) is 17.2 Å². The third-order valence-corrected chi connectivity index (χ3v) is 3.78. The Morgan fingerprint density at radius 3 is 2.54 bits per heavy atom. The van der Waals surface area contributed by atoms with Crippen LogP contribution in [0.25, 0.3) is 0 Å². The van der Waals surface area contributed by atoms with Gasteiger partial charge in [0.25, 0.3) is 5.91 Å². The summed E-state index contributed by atoms with van der Waals surface area (Å²) >= 11 is 0. The van der Waals surface area contributed by atoms with Gasteiger partial charge in [0.05, 0.1) is 7.11 Å². The molecule has 1 aromatic carbocycles. The van der Waals surface area contributed by atoms with Crippen LogP contribution in [-0.2, 0) is 9.59 Å². The SMILES string of the molecule is COc1ccc(NC(=O)/C(C#N)=C\NC(=O)C2CCNCC2)cc1. The van der Waals surface area contributed by atoms with E-state index in [1.165, 1.54) is 6.20 Å². The zero-order valence-electron chi connectivity index (χ0n) is 13.5. The van der Waals surface area contributed by atoms with Gasteiger partial charge in [0.2, 0.25) is 5.91 Å². The lowest BCUT2D eigenvalue weighted by Crippen LogP contribution is -2.36. The van der Waals surface area contributed by atoms with Gasteiger partial charge >= 0.3 is 0 Å². The molecule has 1 heterocycles. The van der Waals surface area contributed by atoms with Crippen LogP contribution in [0.3, 0.4) is 0 Å². The van der Waals surface area contributed by atoms with Crippen LogP contribution < -0.4 is 20.7 Å². The van der Waals surface area contributed by atoms with Crippen LogP contribution in [0.5, 0.6) is 5.75 Å². The Balaban J connectivity index is 1.94. The smallest absolute Gasteiger partial charge is 0.267 e. The summed E-state index contributed by atoms with van der Waals surface area (Å²) in [5.74, 6) is -0.167. The summed E-state index contributed by atoms with van der Waals surface area (Å²) in [6.45, 7) is 1.59. The number of amides is 2. The number of rotatable bonds is 5. The number of nitrogens with zero attached hydrogens (tertiary/aromatic N) is 1. The normalized spacial score (nSPS) is 15.2. The fourth-order valence-electron chi connectivity index (χ4n) is 2.37. The van der Waals surface area contributed by atoms with E-state index in [1.54, 1.807) is 37.4 Å². The molecule has 0 unspecified atom stereocenters. The maximum absolute atomic E-state index is 12.1. The maximum Gasteiger partial charge on any atom is 0.267 e. The Labute approximate surface area is 140 Å². The third kappa shape index (κ3) is 4.83. The standard InChI is InChI=1S/C17H20N4O3/c1-24-15-4-2-14(3-5-15)21-17(23)13(10-18)11-20-16(22)12-6-8-19-9-7-12/h2-5,11-12,19H,6-9H2,1H3,(H,20,22)(H,21,23)/b13-11-. The van der Waals surface area contributed by atoms with Gasteiger partial charge in [-0.15, -0.1) is 0 Å². The maximum atomic E-state index is 12.1. The van der Waals surface area contributed by atoms with E-state index in [9.17, 15) is 9.59 Å². The molecule has 7 heteroatoms. The summed E-state index contributed by atoms with van der Waals surface area (Å²) in [5, 5.41) is 17.5. The number of benzene rings is 1. The molecule has 0 saturated carbocycles. The molecule has 1 aliphatic heterocycles. The Morgan fingerprint density at radius 1 is 1.29 bits per heavy atom. The molecule has 1 aliphatic rings. The largest absolute Gasteiger partial charge is 0.497 e. The van der Waals surface area contributed by atoms with Gasteiger partial charge < -0.3 is 20.7 Å². The van der Waals surface area contributed by atoms with E-state index in [2.05, 4.69) is 16.0 Å². The van der Waals surface area contributed by atoms with E-state index in [1.807, 2.05) is 0 Å². The van der Waals surface area contributed by atoms with Crippen LogP contribution in [0.15, 0.2) is 36.0 Å². The van der Waals surface area contributed by atoms with Crippen molar-refractivity contribution in [2.24, 2.45) is 5.92 Å². The molecule has 0 atom stereocenters. The molecular formula is C17H20N4O3. The Morgan fingerprint density at radius 2 is 1.96 bits per heavy atom. The summed E-state index contributed by atoms with van der Waals surface area (Å²) in [7, 11) is 1.55. The van der Waals surface area contributed by atoms with Crippen molar-refractivity contribution in [1.29, 1.82) is 5.26 Å². The van der Waals surface area contributed by atoms with Crippen LogP contribution in [0.2, 0.25) is 0 Å². The van der Waals surface area contributed by atoms with Crippen LogP contribution in [0.4, 0.5) is 5.69 Å². The van der Waals surface area contributed by atoms with Crippen molar-refractivity contribution in [3.8, 4) is 11.8 Å². The van der Waals surface area contributed by atoms with Crippen LogP contribution in [0.1, 0.15) is 12.8 Å². The Kier molecular flexibility index (Phi) is 6.34. The second kappa shape index (κ2) is 8.70. The third-order valence-electron chi connectivity index (χ3n) is 3.78. The molecule has 24 heavy (non-hydrogen) atoms.